The molecule has 0 unspecified atom stereocenters. The van der Waals surface area contributed by atoms with Crippen molar-refractivity contribution in [2.24, 2.45) is 4.99 Å². The summed E-state index contributed by atoms with van der Waals surface area (Å²) in [5, 5.41) is 0. The number of rotatable bonds is 66. The van der Waals surface area contributed by atoms with E-state index in [1.165, 1.54) is 263 Å². The molecule has 10 heteroatoms. The molecule has 6 rings (SSSR count). The monoisotopic (exact) mass is 1430 g/mol. The zero-order chi connectivity index (χ0) is 73.2. The summed E-state index contributed by atoms with van der Waals surface area (Å²) in [5.41, 5.74) is 6.37. The van der Waals surface area contributed by atoms with E-state index in [0.29, 0.717) is 65.9 Å². The summed E-state index contributed by atoms with van der Waals surface area (Å²) in [6, 6.07) is 33.3. The van der Waals surface area contributed by atoms with Gasteiger partial charge in [-0.05, 0) is 141 Å². The molecule has 0 spiro atoms. The molecule has 0 aliphatic rings. The first-order valence-corrected chi connectivity index (χ1v) is 43.1. The van der Waals surface area contributed by atoms with E-state index in [1.54, 1.807) is 24.3 Å². The molecule has 0 saturated carbocycles. The van der Waals surface area contributed by atoms with Gasteiger partial charge in [-0.3, -0.25) is 4.99 Å². The maximum Gasteiger partial charge on any atom is 0.343 e. The Labute approximate surface area is 633 Å². The van der Waals surface area contributed by atoms with Crippen molar-refractivity contribution >= 4 is 28.9 Å². The van der Waals surface area contributed by atoms with Gasteiger partial charge in [0.1, 0.15) is 11.5 Å². The summed E-state index contributed by atoms with van der Waals surface area (Å²) in [7, 11) is 0. The molecule has 1 heterocycles. The van der Waals surface area contributed by atoms with E-state index >= 15 is 0 Å². The lowest BCUT2D eigenvalue weighted by Gasteiger charge is -2.17. The summed E-state index contributed by atoms with van der Waals surface area (Å²) in [5.74, 6) is 3.74. The van der Waals surface area contributed by atoms with Gasteiger partial charge in [-0.15, -0.1) is 0 Å². The van der Waals surface area contributed by atoms with Crippen LogP contribution in [0.15, 0.2) is 108 Å². The van der Waals surface area contributed by atoms with Crippen molar-refractivity contribution in [2.75, 3.05) is 33.0 Å². The Bertz CT molecular complexity index is 3140. The molecule has 10 nitrogen and oxygen atoms in total. The Morgan fingerprint density at radius 3 is 0.962 bits per heavy atom. The van der Waals surface area contributed by atoms with E-state index in [1.807, 2.05) is 48.7 Å². The number of aromatic nitrogens is 2. The third kappa shape index (κ3) is 37.7. The van der Waals surface area contributed by atoms with Crippen molar-refractivity contribution in [3.05, 3.63) is 114 Å². The van der Waals surface area contributed by atoms with Gasteiger partial charge < -0.3 is 28.4 Å². The number of carbonyl (C=O) groups is 1. The molecule has 104 heavy (non-hydrogen) atoms. The molecule has 576 valence electrons. The second-order valence-electron chi connectivity index (χ2n) is 29.8. The summed E-state index contributed by atoms with van der Waals surface area (Å²) >= 11 is 0. The van der Waals surface area contributed by atoms with Crippen LogP contribution in [0.2, 0.25) is 0 Å². The number of benzene rings is 5. The van der Waals surface area contributed by atoms with Gasteiger partial charge in [-0.25, -0.2) is 14.8 Å². The topological polar surface area (TPSA) is 111 Å². The minimum Gasteiger partial charge on any atom is -0.494 e. The summed E-state index contributed by atoms with van der Waals surface area (Å²) in [6.07, 6.45) is 65.4. The average Bonchev–Trinajstić information content (AvgIpc) is 0.768. The number of carbonyl (C=O) groups excluding carboxylic acids is 1. The van der Waals surface area contributed by atoms with Gasteiger partial charge in [0, 0.05) is 17.3 Å². The quantitative estimate of drug-likeness (QED) is 0.0160. The van der Waals surface area contributed by atoms with Crippen LogP contribution in [0.1, 0.15) is 372 Å². The standard InChI is InChI=1S/C94H143N3O7/c1-6-11-16-21-26-31-36-41-46-51-70-99-84-65-61-83(62-66-84)95-78-79-56-63-85(64-57-79)104-94(98)82-58-67-86-87(75-82)97-93(81-60-69-89(101-72-53-48-43-38-33-28-23-18-13-8-3)91(77-81)103-74-55-50-45-40-35-30-25-20-15-10-5)92(96-86)80-59-68-88(100-71-52-47-42-37-32-27-22-17-12-7-2)90(76-80)102-73-54-49-44-39-34-29-24-19-14-9-4/h56-69,75-78H,6-55,70-74H2,1-5H3. The van der Waals surface area contributed by atoms with Crippen LogP contribution in [0.5, 0.6) is 34.5 Å². The highest BCUT2D eigenvalue weighted by molar-refractivity contribution is 5.96. The minimum atomic E-state index is -0.486. The number of fused-ring (bicyclic) bond motifs is 1. The Balaban J connectivity index is 1.22. The molecule has 0 amide bonds. The van der Waals surface area contributed by atoms with Crippen LogP contribution in [0.4, 0.5) is 5.69 Å². The molecule has 0 radical (unpaired) electrons. The minimum absolute atomic E-state index is 0.370. The number of hydrogen-bond donors (Lipinski definition) is 0. The molecule has 0 bridgehead atoms. The SMILES string of the molecule is CCCCCCCCCCCCOc1ccc(N=Cc2ccc(OC(=O)c3ccc4nc(-c5ccc(OCCCCCCCCCCCC)c(OCCCCCCCCCCCC)c5)c(-c5ccc(OCCCCCCCCCCCC)c(OCCCCCCCCCCCC)c5)nc4c3)cc2)cc1. The number of unbranched alkanes of at least 4 members (excludes halogenated alkanes) is 45. The van der Waals surface area contributed by atoms with Gasteiger partial charge in [-0.2, -0.15) is 0 Å². The second kappa shape index (κ2) is 57.8. The largest absolute Gasteiger partial charge is 0.494 e. The zero-order valence-electron chi connectivity index (χ0n) is 66.5. The third-order valence-corrected chi connectivity index (χ3v) is 20.4. The Kier molecular flexibility index (Phi) is 48.1. The van der Waals surface area contributed by atoms with Crippen LogP contribution in [-0.4, -0.2) is 55.2 Å². The van der Waals surface area contributed by atoms with E-state index in [-0.39, 0.29) is 0 Å². The van der Waals surface area contributed by atoms with Gasteiger partial charge in [-0.1, -0.05) is 324 Å². The number of hydrogen-bond acceptors (Lipinski definition) is 10. The highest BCUT2D eigenvalue weighted by Gasteiger charge is 2.21. The number of esters is 1. The predicted octanol–water partition coefficient (Wildman–Crippen LogP) is 29.4. The fourth-order valence-electron chi connectivity index (χ4n) is 13.8. The highest BCUT2D eigenvalue weighted by atomic mass is 16.5. The van der Waals surface area contributed by atoms with Crippen molar-refractivity contribution in [2.45, 2.75) is 356 Å². The maximum atomic E-state index is 14.2. The van der Waals surface area contributed by atoms with Crippen LogP contribution in [0.3, 0.4) is 0 Å². The molecule has 0 atom stereocenters. The highest BCUT2D eigenvalue weighted by Crippen LogP contribution is 2.40. The molecular formula is C94H143N3O7. The molecule has 5 aromatic carbocycles. The van der Waals surface area contributed by atoms with Crippen molar-refractivity contribution < 1.29 is 33.2 Å². The van der Waals surface area contributed by atoms with Crippen LogP contribution >= 0.6 is 0 Å². The molecule has 0 N–H and O–H groups in total. The van der Waals surface area contributed by atoms with Gasteiger partial charge in [0.15, 0.2) is 23.0 Å². The van der Waals surface area contributed by atoms with Gasteiger partial charge in [0.25, 0.3) is 0 Å². The smallest absolute Gasteiger partial charge is 0.343 e. The fourth-order valence-corrected chi connectivity index (χ4v) is 13.8. The van der Waals surface area contributed by atoms with Gasteiger partial charge in [0.05, 0.1) is 66.7 Å². The van der Waals surface area contributed by atoms with Crippen molar-refractivity contribution in [3.63, 3.8) is 0 Å². The summed E-state index contributed by atoms with van der Waals surface area (Å²) < 4.78 is 38.9. The molecule has 0 aliphatic heterocycles. The fraction of sp³-hybridized carbons (Fsp3) is 0.638. The number of nitrogens with zero attached hydrogens (tertiary/aromatic N) is 3. The lowest BCUT2D eigenvalue weighted by molar-refractivity contribution is 0.0734. The van der Waals surface area contributed by atoms with Crippen LogP contribution in [0.25, 0.3) is 33.5 Å². The van der Waals surface area contributed by atoms with E-state index < -0.39 is 5.97 Å². The normalized spacial score (nSPS) is 11.5. The van der Waals surface area contributed by atoms with E-state index in [9.17, 15) is 4.79 Å². The first kappa shape index (κ1) is 86.5. The molecule has 6 aromatic rings. The lowest BCUT2D eigenvalue weighted by atomic mass is 10.0. The maximum absolute atomic E-state index is 14.2. The predicted molar refractivity (Wildman–Crippen MR) is 442 cm³/mol. The number of aliphatic imine (C=N–C) groups is 1. The molecule has 0 fully saturated rings. The molecule has 1 aromatic heterocycles. The second-order valence-corrected chi connectivity index (χ2v) is 29.8. The van der Waals surface area contributed by atoms with Gasteiger partial charge >= 0.3 is 5.97 Å². The zero-order valence-corrected chi connectivity index (χ0v) is 66.5. The third-order valence-electron chi connectivity index (χ3n) is 20.4. The summed E-state index contributed by atoms with van der Waals surface area (Å²) in [6.45, 7) is 14.6. The van der Waals surface area contributed by atoms with Crippen LogP contribution in [0, 0.1) is 0 Å². The van der Waals surface area contributed by atoms with Crippen molar-refractivity contribution in [1.29, 1.82) is 0 Å². The average molecular weight is 1430 g/mol. The van der Waals surface area contributed by atoms with Crippen molar-refractivity contribution in [1.82, 2.24) is 9.97 Å². The Morgan fingerprint density at radius 1 is 0.298 bits per heavy atom. The molecule has 0 saturated heterocycles. The van der Waals surface area contributed by atoms with Crippen LogP contribution in [-0.2, 0) is 0 Å². The number of ether oxygens (including phenoxy) is 6. The van der Waals surface area contributed by atoms with Crippen molar-refractivity contribution in [3.8, 4) is 57.0 Å². The first-order chi connectivity index (χ1) is 51.4. The van der Waals surface area contributed by atoms with Crippen LogP contribution < -0.4 is 28.4 Å². The van der Waals surface area contributed by atoms with E-state index in [4.69, 9.17) is 43.4 Å². The molecular weight excluding hydrogens is 1280 g/mol. The van der Waals surface area contributed by atoms with Gasteiger partial charge in [0.2, 0.25) is 0 Å². The Hall–Kier alpha value is -6.42. The summed E-state index contributed by atoms with van der Waals surface area (Å²) in [4.78, 5) is 29.8. The Morgan fingerprint density at radius 2 is 0.606 bits per heavy atom. The van der Waals surface area contributed by atoms with E-state index in [0.717, 1.165) is 110 Å². The molecule has 0 aliphatic carbocycles. The van der Waals surface area contributed by atoms with E-state index in [2.05, 4.69) is 71.0 Å². The lowest BCUT2D eigenvalue weighted by Crippen LogP contribution is -2.09. The first-order valence-electron chi connectivity index (χ1n) is 43.1.